The van der Waals surface area contributed by atoms with Crippen LogP contribution in [0.4, 0.5) is 15.9 Å². The van der Waals surface area contributed by atoms with Gasteiger partial charge in [-0.2, -0.15) is 0 Å². The molecule has 0 amide bonds. The number of fused-ring (bicyclic) bond motifs is 3. The summed E-state index contributed by atoms with van der Waals surface area (Å²) >= 11 is 8.29. The normalized spacial score (nSPS) is 15.0. The molecule has 0 saturated heterocycles. The van der Waals surface area contributed by atoms with Crippen LogP contribution in [0.15, 0.2) is 67.5 Å². The van der Waals surface area contributed by atoms with Crippen LogP contribution in [0.2, 0.25) is 5.02 Å². The first-order valence-corrected chi connectivity index (χ1v) is 13.5. The number of halogens is 2. The van der Waals surface area contributed by atoms with Gasteiger partial charge in [0.25, 0.3) is 0 Å². The van der Waals surface area contributed by atoms with Gasteiger partial charge >= 0.3 is 0 Å². The number of aromatic nitrogens is 4. The molecular weight excluding hydrogens is 509 g/mol. The largest absolute Gasteiger partial charge is 0.487 e. The average molecular weight is 534 g/mol. The standard InChI is InChI=1S/C28H25ClFN5OS/c29-23-14-21(5-7-24(23)36-15-19-2-1-3-20(30)12-19)34-27-26-22-6-4-18(8-10-35-11-9-31-17-35)13-25(22)37-28(26)33-16-32-27/h1-3,5,7,9,11-12,14,16-18H,4,6,8,10,13,15H2,(H,32,33,34). The fourth-order valence-corrected chi connectivity index (χ4v) is 6.43. The Morgan fingerprint density at radius 3 is 2.97 bits per heavy atom. The number of nitrogens with one attached hydrogen (secondary N) is 1. The van der Waals surface area contributed by atoms with Crippen molar-refractivity contribution in [3.05, 3.63) is 94.4 Å². The minimum atomic E-state index is -0.288. The van der Waals surface area contributed by atoms with E-state index in [1.807, 2.05) is 43.0 Å². The van der Waals surface area contributed by atoms with Crippen molar-refractivity contribution in [1.82, 2.24) is 19.5 Å². The minimum Gasteiger partial charge on any atom is -0.487 e. The van der Waals surface area contributed by atoms with Crippen molar-refractivity contribution in [2.24, 2.45) is 5.92 Å². The highest BCUT2D eigenvalue weighted by molar-refractivity contribution is 7.19. The molecule has 37 heavy (non-hydrogen) atoms. The van der Waals surface area contributed by atoms with Crippen molar-refractivity contribution in [3.8, 4) is 5.75 Å². The fourth-order valence-electron chi connectivity index (χ4n) is 4.89. The SMILES string of the molecule is Fc1cccc(COc2ccc(Nc3ncnc4sc5c(c34)CCC(CCn3ccnc3)C5)cc2Cl)c1. The van der Waals surface area contributed by atoms with Gasteiger partial charge < -0.3 is 14.6 Å². The van der Waals surface area contributed by atoms with E-state index in [4.69, 9.17) is 16.3 Å². The van der Waals surface area contributed by atoms with E-state index >= 15 is 0 Å². The van der Waals surface area contributed by atoms with E-state index in [0.717, 1.165) is 59.5 Å². The third-order valence-corrected chi connectivity index (χ3v) is 8.24. The maximum Gasteiger partial charge on any atom is 0.142 e. The zero-order chi connectivity index (χ0) is 25.2. The summed E-state index contributed by atoms with van der Waals surface area (Å²) in [6.07, 6.45) is 11.8. The Bertz CT molecular complexity index is 1540. The summed E-state index contributed by atoms with van der Waals surface area (Å²) in [5.74, 6) is 1.71. The van der Waals surface area contributed by atoms with Gasteiger partial charge in [-0.3, -0.25) is 0 Å². The molecule has 1 N–H and O–H groups in total. The number of hydrogen-bond acceptors (Lipinski definition) is 6. The van der Waals surface area contributed by atoms with Crippen molar-refractivity contribution >= 4 is 44.7 Å². The molecule has 0 aliphatic heterocycles. The Kier molecular flexibility index (Phi) is 6.76. The molecule has 5 aromatic rings. The number of nitrogens with zero attached hydrogens (tertiary/aromatic N) is 4. The highest BCUT2D eigenvalue weighted by Gasteiger charge is 2.25. The van der Waals surface area contributed by atoms with Crippen molar-refractivity contribution in [1.29, 1.82) is 0 Å². The van der Waals surface area contributed by atoms with E-state index in [9.17, 15) is 4.39 Å². The molecule has 0 bridgehead atoms. The zero-order valence-electron chi connectivity index (χ0n) is 20.0. The summed E-state index contributed by atoms with van der Waals surface area (Å²) in [6, 6.07) is 11.9. The second-order valence-electron chi connectivity index (χ2n) is 9.29. The van der Waals surface area contributed by atoms with E-state index in [1.54, 1.807) is 23.7 Å². The molecule has 6 rings (SSSR count). The van der Waals surface area contributed by atoms with Gasteiger partial charge in [-0.05, 0) is 73.1 Å². The van der Waals surface area contributed by atoms with E-state index in [2.05, 4.69) is 24.8 Å². The number of benzene rings is 2. The molecule has 9 heteroatoms. The molecule has 1 unspecified atom stereocenters. The lowest BCUT2D eigenvalue weighted by molar-refractivity contribution is 0.306. The van der Waals surface area contributed by atoms with Gasteiger partial charge in [-0.15, -0.1) is 11.3 Å². The molecule has 0 radical (unpaired) electrons. The number of ether oxygens (including phenoxy) is 1. The summed E-state index contributed by atoms with van der Waals surface area (Å²) in [4.78, 5) is 15.7. The topological polar surface area (TPSA) is 64.9 Å². The number of aryl methyl sites for hydroxylation is 2. The number of thiophene rings is 1. The highest BCUT2D eigenvalue weighted by Crippen LogP contribution is 2.41. The Morgan fingerprint density at radius 1 is 1.19 bits per heavy atom. The summed E-state index contributed by atoms with van der Waals surface area (Å²) in [6.45, 7) is 1.24. The average Bonchev–Trinajstić information content (AvgIpc) is 3.55. The molecule has 1 aliphatic carbocycles. The van der Waals surface area contributed by atoms with E-state index in [1.165, 1.54) is 22.6 Å². The molecule has 188 valence electrons. The molecule has 0 saturated carbocycles. The van der Waals surface area contributed by atoms with Crippen molar-refractivity contribution in [2.45, 2.75) is 38.8 Å². The molecule has 1 aliphatic rings. The van der Waals surface area contributed by atoms with Crippen LogP contribution in [0, 0.1) is 11.7 Å². The van der Waals surface area contributed by atoms with Gasteiger partial charge in [-0.25, -0.2) is 19.3 Å². The van der Waals surface area contributed by atoms with Gasteiger partial charge in [-0.1, -0.05) is 23.7 Å². The van der Waals surface area contributed by atoms with E-state index in [-0.39, 0.29) is 12.4 Å². The number of hydrogen-bond donors (Lipinski definition) is 1. The summed E-state index contributed by atoms with van der Waals surface area (Å²) in [5, 5.41) is 5.02. The predicted octanol–water partition coefficient (Wildman–Crippen LogP) is 7.20. The lowest BCUT2D eigenvalue weighted by Gasteiger charge is -2.22. The Balaban J connectivity index is 1.17. The van der Waals surface area contributed by atoms with Crippen LogP contribution < -0.4 is 10.1 Å². The second kappa shape index (κ2) is 10.5. The number of imidazole rings is 1. The fraction of sp³-hybridized carbons (Fsp3) is 0.250. The maximum atomic E-state index is 13.4. The number of rotatable bonds is 8. The molecular formula is C28H25ClFN5OS. The Morgan fingerprint density at radius 2 is 2.14 bits per heavy atom. The molecule has 6 nitrogen and oxygen atoms in total. The molecule has 1 atom stereocenters. The maximum absolute atomic E-state index is 13.4. The molecule has 3 heterocycles. The van der Waals surface area contributed by atoms with Gasteiger partial charge in [0.15, 0.2) is 0 Å². The summed E-state index contributed by atoms with van der Waals surface area (Å²) in [5.41, 5.74) is 2.92. The smallest absolute Gasteiger partial charge is 0.142 e. The second-order valence-corrected chi connectivity index (χ2v) is 10.8. The first kappa shape index (κ1) is 23.9. The monoisotopic (exact) mass is 533 g/mol. The first-order valence-electron chi connectivity index (χ1n) is 12.3. The summed E-state index contributed by atoms with van der Waals surface area (Å²) < 4.78 is 21.4. The van der Waals surface area contributed by atoms with Crippen molar-refractivity contribution < 1.29 is 9.13 Å². The quantitative estimate of drug-likeness (QED) is 0.228. The van der Waals surface area contributed by atoms with Crippen LogP contribution in [0.1, 0.15) is 28.8 Å². The first-order chi connectivity index (χ1) is 18.1. The Labute approximate surface area is 223 Å². The molecule has 2 aromatic carbocycles. The highest BCUT2D eigenvalue weighted by atomic mass is 35.5. The van der Waals surface area contributed by atoms with Crippen LogP contribution in [-0.4, -0.2) is 19.5 Å². The van der Waals surface area contributed by atoms with E-state index < -0.39 is 0 Å². The van der Waals surface area contributed by atoms with Crippen molar-refractivity contribution in [2.75, 3.05) is 5.32 Å². The third kappa shape index (κ3) is 5.31. The number of anilines is 2. The zero-order valence-corrected chi connectivity index (χ0v) is 21.6. The molecule has 3 aromatic heterocycles. The van der Waals surface area contributed by atoms with Gasteiger partial charge in [0.1, 0.15) is 35.1 Å². The summed E-state index contributed by atoms with van der Waals surface area (Å²) in [7, 11) is 0. The van der Waals surface area contributed by atoms with Crippen LogP contribution in [0.3, 0.4) is 0 Å². The molecule has 0 spiro atoms. The predicted molar refractivity (Wildman–Crippen MR) is 145 cm³/mol. The van der Waals surface area contributed by atoms with Crippen LogP contribution in [0.25, 0.3) is 10.2 Å². The lowest BCUT2D eigenvalue weighted by Crippen LogP contribution is -2.14. The van der Waals surface area contributed by atoms with Gasteiger partial charge in [0, 0.05) is 29.5 Å². The third-order valence-electron chi connectivity index (χ3n) is 6.78. The van der Waals surface area contributed by atoms with Gasteiger partial charge in [0.2, 0.25) is 0 Å². The van der Waals surface area contributed by atoms with Crippen LogP contribution >= 0.6 is 22.9 Å². The van der Waals surface area contributed by atoms with Crippen LogP contribution in [-0.2, 0) is 26.0 Å². The van der Waals surface area contributed by atoms with E-state index in [0.29, 0.717) is 16.7 Å². The lowest BCUT2D eigenvalue weighted by atomic mass is 9.86. The minimum absolute atomic E-state index is 0.237. The Hall–Kier alpha value is -3.49. The molecule has 0 fully saturated rings. The van der Waals surface area contributed by atoms with Crippen molar-refractivity contribution in [3.63, 3.8) is 0 Å². The van der Waals surface area contributed by atoms with Gasteiger partial charge in [0.05, 0.1) is 16.7 Å². The van der Waals surface area contributed by atoms with Crippen LogP contribution in [0.5, 0.6) is 5.75 Å².